The summed E-state index contributed by atoms with van der Waals surface area (Å²) in [6.45, 7) is 3.83. The first-order chi connectivity index (χ1) is 13.6. The second-order valence-electron chi connectivity index (χ2n) is 7.89. The van der Waals surface area contributed by atoms with Crippen LogP contribution in [0.2, 0.25) is 0 Å². The molecule has 2 aromatic rings. The molecule has 1 aliphatic heterocycles. The molecule has 1 aliphatic carbocycles. The predicted octanol–water partition coefficient (Wildman–Crippen LogP) is 2.34. The standard InChI is InChI=1S/C20H26N6O2/c1-14-6-5-11-25(12-14)18(27)13-26-23-19(22-24-26)16-9-2-3-10-17(16)21-20(28)15-7-4-8-15/h2-3,9-10,14-15H,4-8,11-13H2,1H3,(H,21,28). The molecule has 1 aromatic carbocycles. The average Bonchev–Trinajstić information content (AvgIpc) is 3.09. The second-order valence-corrected chi connectivity index (χ2v) is 7.89. The Labute approximate surface area is 164 Å². The highest BCUT2D eigenvalue weighted by molar-refractivity contribution is 5.96. The molecule has 2 heterocycles. The highest BCUT2D eigenvalue weighted by atomic mass is 16.2. The molecule has 2 aliphatic rings. The van der Waals surface area contributed by atoms with E-state index in [1.165, 1.54) is 11.2 Å². The van der Waals surface area contributed by atoms with E-state index in [9.17, 15) is 9.59 Å². The number of tetrazole rings is 1. The Morgan fingerprint density at radius 1 is 1.18 bits per heavy atom. The molecule has 2 fully saturated rings. The van der Waals surface area contributed by atoms with Gasteiger partial charge < -0.3 is 10.2 Å². The number of anilines is 1. The first-order valence-corrected chi connectivity index (χ1v) is 10.1. The number of amides is 2. The third kappa shape index (κ3) is 4.05. The fraction of sp³-hybridized carbons (Fsp3) is 0.550. The number of carbonyl (C=O) groups excluding carboxylic acids is 2. The van der Waals surface area contributed by atoms with Crippen molar-refractivity contribution in [1.29, 1.82) is 0 Å². The lowest BCUT2D eigenvalue weighted by atomic mass is 9.85. The molecule has 1 atom stereocenters. The lowest BCUT2D eigenvalue weighted by Gasteiger charge is -2.30. The van der Waals surface area contributed by atoms with E-state index in [1.54, 1.807) is 0 Å². The number of para-hydroxylation sites is 1. The third-order valence-corrected chi connectivity index (χ3v) is 5.64. The Hall–Kier alpha value is -2.77. The molecule has 4 rings (SSSR count). The Balaban J connectivity index is 1.45. The van der Waals surface area contributed by atoms with E-state index in [1.807, 2.05) is 29.2 Å². The van der Waals surface area contributed by atoms with Gasteiger partial charge in [-0.05, 0) is 48.9 Å². The zero-order valence-electron chi connectivity index (χ0n) is 16.2. The monoisotopic (exact) mass is 382 g/mol. The molecule has 28 heavy (non-hydrogen) atoms. The van der Waals surface area contributed by atoms with Crippen LogP contribution in [0, 0.1) is 11.8 Å². The number of piperidine rings is 1. The maximum Gasteiger partial charge on any atom is 0.246 e. The van der Waals surface area contributed by atoms with Crippen molar-refractivity contribution in [3.8, 4) is 11.4 Å². The third-order valence-electron chi connectivity index (χ3n) is 5.64. The molecule has 0 spiro atoms. The maximum absolute atomic E-state index is 12.5. The van der Waals surface area contributed by atoms with Crippen molar-refractivity contribution in [1.82, 2.24) is 25.1 Å². The predicted molar refractivity (Wildman–Crippen MR) is 104 cm³/mol. The van der Waals surface area contributed by atoms with Gasteiger partial charge in [-0.25, -0.2) is 0 Å². The number of benzene rings is 1. The molecular weight excluding hydrogens is 356 g/mol. The molecule has 0 bridgehead atoms. The van der Waals surface area contributed by atoms with Gasteiger partial charge in [0.1, 0.15) is 6.54 Å². The summed E-state index contributed by atoms with van der Waals surface area (Å²) in [4.78, 5) is 28.0. The summed E-state index contributed by atoms with van der Waals surface area (Å²) in [6.07, 6.45) is 5.20. The van der Waals surface area contributed by atoms with Crippen LogP contribution in [-0.4, -0.2) is 50.0 Å². The van der Waals surface area contributed by atoms with Crippen LogP contribution in [-0.2, 0) is 16.1 Å². The van der Waals surface area contributed by atoms with Crippen LogP contribution in [0.3, 0.4) is 0 Å². The molecule has 2 amide bonds. The Bertz CT molecular complexity index is 860. The van der Waals surface area contributed by atoms with Crippen LogP contribution >= 0.6 is 0 Å². The van der Waals surface area contributed by atoms with E-state index < -0.39 is 0 Å². The first kappa shape index (κ1) is 18.6. The maximum atomic E-state index is 12.5. The van der Waals surface area contributed by atoms with Crippen molar-refractivity contribution in [2.75, 3.05) is 18.4 Å². The number of nitrogens with zero attached hydrogens (tertiary/aromatic N) is 5. The lowest BCUT2D eigenvalue weighted by molar-refractivity contribution is -0.134. The Kier molecular flexibility index (Phi) is 5.36. The van der Waals surface area contributed by atoms with Crippen molar-refractivity contribution in [2.45, 2.75) is 45.6 Å². The lowest BCUT2D eigenvalue weighted by Crippen LogP contribution is -2.41. The number of rotatable bonds is 5. The van der Waals surface area contributed by atoms with Crippen LogP contribution in [0.4, 0.5) is 5.69 Å². The second kappa shape index (κ2) is 8.08. The largest absolute Gasteiger partial charge is 0.341 e. The van der Waals surface area contributed by atoms with Gasteiger partial charge in [0.15, 0.2) is 0 Å². The summed E-state index contributed by atoms with van der Waals surface area (Å²) in [6, 6.07) is 7.43. The Morgan fingerprint density at radius 2 is 2.00 bits per heavy atom. The van der Waals surface area contributed by atoms with Crippen LogP contribution in [0.25, 0.3) is 11.4 Å². The fourth-order valence-corrected chi connectivity index (χ4v) is 3.75. The number of hydrogen-bond donors (Lipinski definition) is 1. The summed E-state index contributed by atoms with van der Waals surface area (Å²) >= 11 is 0. The minimum Gasteiger partial charge on any atom is -0.341 e. The van der Waals surface area contributed by atoms with E-state index >= 15 is 0 Å². The van der Waals surface area contributed by atoms with Gasteiger partial charge >= 0.3 is 0 Å². The quantitative estimate of drug-likeness (QED) is 0.857. The van der Waals surface area contributed by atoms with E-state index in [0.717, 1.165) is 38.8 Å². The van der Waals surface area contributed by atoms with Crippen molar-refractivity contribution < 1.29 is 9.59 Å². The summed E-state index contributed by atoms with van der Waals surface area (Å²) in [5, 5.41) is 15.5. The topological polar surface area (TPSA) is 93.0 Å². The molecule has 1 N–H and O–H groups in total. The summed E-state index contributed by atoms with van der Waals surface area (Å²) in [5.41, 5.74) is 1.38. The molecular formula is C20H26N6O2. The summed E-state index contributed by atoms with van der Waals surface area (Å²) < 4.78 is 0. The number of nitrogens with one attached hydrogen (secondary N) is 1. The average molecular weight is 382 g/mol. The van der Waals surface area contributed by atoms with Crippen molar-refractivity contribution in [3.63, 3.8) is 0 Å². The van der Waals surface area contributed by atoms with E-state index in [2.05, 4.69) is 27.7 Å². The number of likely N-dealkylation sites (tertiary alicyclic amines) is 1. The normalized spacial score (nSPS) is 19.9. The highest BCUT2D eigenvalue weighted by Crippen LogP contribution is 2.30. The van der Waals surface area contributed by atoms with Crippen molar-refractivity contribution in [2.24, 2.45) is 11.8 Å². The van der Waals surface area contributed by atoms with Crippen LogP contribution in [0.1, 0.15) is 39.0 Å². The minimum atomic E-state index is 0.0158. The highest BCUT2D eigenvalue weighted by Gasteiger charge is 2.26. The van der Waals surface area contributed by atoms with Gasteiger partial charge in [-0.15, -0.1) is 10.2 Å². The van der Waals surface area contributed by atoms with E-state index in [-0.39, 0.29) is 24.3 Å². The fourth-order valence-electron chi connectivity index (χ4n) is 3.75. The molecule has 1 unspecified atom stereocenters. The van der Waals surface area contributed by atoms with Gasteiger partial charge in [0.2, 0.25) is 17.6 Å². The molecule has 8 nitrogen and oxygen atoms in total. The van der Waals surface area contributed by atoms with E-state index in [4.69, 9.17) is 0 Å². The molecule has 1 saturated heterocycles. The Morgan fingerprint density at radius 3 is 2.75 bits per heavy atom. The van der Waals surface area contributed by atoms with Gasteiger partial charge in [0.05, 0.1) is 5.69 Å². The van der Waals surface area contributed by atoms with E-state index in [0.29, 0.717) is 23.0 Å². The van der Waals surface area contributed by atoms with Gasteiger partial charge in [-0.3, -0.25) is 9.59 Å². The summed E-state index contributed by atoms with van der Waals surface area (Å²) in [7, 11) is 0. The summed E-state index contributed by atoms with van der Waals surface area (Å²) in [5.74, 6) is 1.09. The number of hydrogen-bond acceptors (Lipinski definition) is 5. The molecule has 148 valence electrons. The van der Waals surface area contributed by atoms with Crippen LogP contribution in [0.5, 0.6) is 0 Å². The minimum absolute atomic E-state index is 0.0158. The zero-order valence-corrected chi connectivity index (χ0v) is 16.2. The molecule has 1 saturated carbocycles. The van der Waals surface area contributed by atoms with Crippen molar-refractivity contribution >= 4 is 17.5 Å². The van der Waals surface area contributed by atoms with Crippen LogP contribution in [0.15, 0.2) is 24.3 Å². The zero-order chi connectivity index (χ0) is 19.5. The van der Waals surface area contributed by atoms with Crippen molar-refractivity contribution in [3.05, 3.63) is 24.3 Å². The number of carbonyl (C=O) groups is 2. The molecule has 0 radical (unpaired) electrons. The SMILES string of the molecule is CC1CCCN(C(=O)Cn2nnc(-c3ccccc3NC(=O)C3CCC3)n2)C1. The van der Waals surface area contributed by atoms with Gasteiger partial charge in [0, 0.05) is 24.6 Å². The number of aromatic nitrogens is 4. The molecule has 1 aromatic heterocycles. The molecule has 8 heteroatoms. The van der Waals surface area contributed by atoms with Crippen LogP contribution < -0.4 is 5.32 Å². The van der Waals surface area contributed by atoms with Gasteiger partial charge in [-0.1, -0.05) is 25.5 Å². The smallest absolute Gasteiger partial charge is 0.246 e. The van der Waals surface area contributed by atoms with Gasteiger partial charge in [0.25, 0.3) is 0 Å². The first-order valence-electron chi connectivity index (χ1n) is 10.1. The van der Waals surface area contributed by atoms with Gasteiger partial charge in [-0.2, -0.15) is 4.80 Å².